The van der Waals surface area contributed by atoms with E-state index in [4.69, 9.17) is 0 Å². The van der Waals surface area contributed by atoms with Gasteiger partial charge in [0.25, 0.3) is 0 Å². The number of hydrogen-bond donors (Lipinski definition) is 0. The molecule has 0 unspecified atom stereocenters. The Labute approximate surface area is 133 Å². The third-order valence-electron chi connectivity index (χ3n) is 4.06. The minimum Gasteiger partial charge on any atom is -0.303 e. The maximum absolute atomic E-state index is 11.9. The summed E-state index contributed by atoms with van der Waals surface area (Å²) in [5, 5.41) is 0. The number of carbonyl (C=O) groups is 1. The first kappa shape index (κ1) is 16.6. The van der Waals surface area contributed by atoms with Gasteiger partial charge in [-0.25, -0.2) is 0 Å². The summed E-state index contributed by atoms with van der Waals surface area (Å²) in [6.07, 6.45) is 6.87. The van der Waals surface area contributed by atoms with Gasteiger partial charge in [0, 0.05) is 29.2 Å². The van der Waals surface area contributed by atoms with Gasteiger partial charge in [-0.15, -0.1) is 11.8 Å². The average molecular weight is 305 g/mol. The van der Waals surface area contributed by atoms with Gasteiger partial charge in [0.15, 0.2) is 5.78 Å². The van der Waals surface area contributed by atoms with Crippen LogP contribution < -0.4 is 0 Å². The van der Waals surface area contributed by atoms with Crippen LogP contribution in [0.25, 0.3) is 0 Å². The van der Waals surface area contributed by atoms with Gasteiger partial charge >= 0.3 is 0 Å². The van der Waals surface area contributed by atoms with Gasteiger partial charge in [-0.2, -0.15) is 0 Å². The molecule has 116 valence electrons. The highest BCUT2D eigenvalue weighted by atomic mass is 32.2. The number of piperidine rings is 1. The molecule has 21 heavy (non-hydrogen) atoms. The van der Waals surface area contributed by atoms with Gasteiger partial charge in [0.2, 0.25) is 0 Å². The van der Waals surface area contributed by atoms with E-state index in [1.165, 1.54) is 43.8 Å². The van der Waals surface area contributed by atoms with E-state index >= 15 is 0 Å². The molecule has 1 saturated heterocycles. The van der Waals surface area contributed by atoms with Crippen LogP contribution >= 0.6 is 11.8 Å². The van der Waals surface area contributed by atoms with Crippen molar-refractivity contribution in [1.82, 2.24) is 4.90 Å². The lowest BCUT2D eigenvalue weighted by molar-refractivity contribution is 0.0979. The van der Waals surface area contributed by atoms with Gasteiger partial charge in [0.1, 0.15) is 0 Å². The van der Waals surface area contributed by atoms with Crippen molar-refractivity contribution in [3.63, 3.8) is 0 Å². The Hall–Kier alpha value is -0.800. The molecule has 0 spiro atoms. The summed E-state index contributed by atoms with van der Waals surface area (Å²) in [7, 11) is 0. The number of likely N-dealkylation sites (tertiary alicyclic amines) is 1. The maximum atomic E-state index is 11.9. The number of hydrogen-bond acceptors (Lipinski definition) is 3. The second-order valence-electron chi connectivity index (χ2n) is 5.80. The Morgan fingerprint density at radius 1 is 1.14 bits per heavy atom. The van der Waals surface area contributed by atoms with Crippen LogP contribution in [0.2, 0.25) is 0 Å². The van der Waals surface area contributed by atoms with Crippen LogP contribution in [0.3, 0.4) is 0 Å². The summed E-state index contributed by atoms with van der Waals surface area (Å²) >= 11 is 1.90. The topological polar surface area (TPSA) is 20.3 Å². The number of unbranched alkanes of at least 4 members (excludes halogenated alkanes) is 1. The molecular weight excluding hydrogens is 278 g/mol. The number of ketones is 1. The van der Waals surface area contributed by atoms with Crippen LogP contribution in [-0.4, -0.2) is 36.1 Å². The average Bonchev–Trinajstić information content (AvgIpc) is 2.54. The Kier molecular flexibility index (Phi) is 7.31. The molecule has 1 aliphatic rings. The standard InChI is InChI=1S/C18H27NOS/c1-2-3-7-18(20)16-8-10-17(11-9-16)21-15-14-19-12-5-4-6-13-19/h8-11H,2-7,12-15H2,1H3. The molecule has 0 atom stereocenters. The molecule has 0 amide bonds. The fourth-order valence-electron chi connectivity index (χ4n) is 2.69. The van der Waals surface area contributed by atoms with Gasteiger partial charge in [-0.1, -0.05) is 31.9 Å². The second kappa shape index (κ2) is 9.26. The molecule has 0 N–H and O–H groups in total. The zero-order chi connectivity index (χ0) is 14.9. The summed E-state index contributed by atoms with van der Waals surface area (Å²) in [5.74, 6) is 1.42. The molecule has 2 nitrogen and oxygen atoms in total. The van der Waals surface area contributed by atoms with E-state index in [0.717, 1.165) is 24.2 Å². The lowest BCUT2D eigenvalue weighted by atomic mass is 10.1. The maximum Gasteiger partial charge on any atom is 0.162 e. The molecule has 0 radical (unpaired) electrons. The van der Waals surface area contributed by atoms with E-state index in [9.17, 15) is 4.79 Å². The lowest BCUT2D eigenvalue weighted by Crippen LogP contribution is -2.31. The number of rotatable bonds is 8. The van der Waals surface area contributed by atoms with Crippen LogP contribution in [0.5, 0.6) is 0 Å². The van der Waals surface area contributed by atoms with Crippen molar-refractivity contribution in [2.75, 3.05) is 25.4 Å². The summed E-state index contributed by atoms with van der Waals surface area (Å²) in [5.41, 5.74) is 0.865. The monoisotopic (exact) mass is 305 g/mol. The SMILES string of the molecule is CCCCC(=O)c1ccc(SCCN2CCCCC2)cc1. The number of nitrogens with zero attached hydrogens (tertiary/aromatic N) is 1. The Morgan fingerprint density at radius 3 is 2.52 bits per heavy atom. The number of Topliss-reactive ketones (excluding diaryl/α,β-unsaturated/α-hetero) is 1. The van der Waals surface area contributed by atoms with E-state index in [0.29, 0.717) is 6.42 Å². The molecule has 0 bridgehead atoms. The molecule has 1 aromatic carbocycles. The van der Waals surface area contributed by atoms with Crippen LogP contribution in [0.4, 0.5) is 0 Å². The van der Waals surface area contributed by atoms with Gasteiger partial charge in [-0.3, -0.25) is 4.79 Å². The fourth-order valence-corrected chi connectivity index (χ4v) is 3.61. The van der Waals surface area contributed by atoms with Crippen LogP contribution in [0.15, 0.2) is 29.2 Å². The highest BCUT2D eigenvalue weighted by molar-refractivity contribution is 7.99. The quantitative estimate of drug-likeness (QED) is 0.515. The molecule has 1 aromatic rings. The summed E-state index contributed by atoms with van der Waals surface area (Å²) in [6.45, 7) is 5.84. The zero-order valence-corrected chi connectivity index (χ0v) is 14.0. The molecule has 0 aromatic heterocycles. The molecule has 1 fully saturated rings. The minimum atomic E-state index is 0.279. The third-order valence-corrected chi connectivity index (χ3v) is 5.05. The summed E-state index contributed by atoms with van der Waals surface area (Å²) < 4.78 is 0. The van der Waals surface area contributed by atoms with Crippen molar-refractivity contribution in [2.24, 2.45) is 0 Å². The summed E-state index contributed by atoms with van der Waals surface area (Å²) in [4.78, 5) is 15.8. The van der Waals surface area contributed by atoms with Crippen molar-refractivity contribution < 1.29 is 4.79 Å². The highest BCUT2D eigenvalue weighted by Crippen LogP contribution is 2.20. The van der Waals surface area contributed by atoms with E-state index in [1.807, 2.05) is 23.9 Å². The lowest BCUT2D eigenvalue weighted by Gasteiger charge is -2.26. The smallest absolute Gasteiger partial charge is 0.162 e. The third kappa shape index (κ3) is 5.84. The van der Waals surface area contributed by atoms with Crippen molar-refractivity contribution >= 4 is 17.5 Å². The zero-order valence-electron chi connectivity index (χ0n) is 13.1. The van der Waals surface area contributed by atoms with Crippen LogP contribution in [0.1, 0.15) is 55.8 Å². The van der Waals surface area contributed by atoms with Crippen LogP contribution in [-0.2, 0) is 0 Å². The van der Waals surface area contributed by atoms with Crippen molar-refractivity contribution in [2.45, 2.75) is 50.3 Å². The highest BCUT2D eigenvalue weighted by Gasteiger charge is 2.09. The molecule has 2 rings (SSSR count). The molecule has 1 heterocycles. The molecule has 1 aliphatic heterocycles. The van der Waals surface area contributed by atoms with Crippen molar-refractivity contribution in [1.29, 1.82) is 0 Å². The first-order valence-corrected chi connectivity index (χ1v) is 9.26. The first-order chi connectivity index (χ1) is 10.3. The van der Waals surface area contributed by atoms with E-state index in [1.54, 1.807) is 0 Å². The Balaban J connectivity index is 1.72. The van der Waals surface area contributed by atoms with Gasteiger partial charge < -0.3 is 4.90 Å². The fraction of sp³-hybridized carbons (Fsp3) is 0.611. The Morgan fingerprint density at radius 2 is 1.86 bits per heavy atom. The molecular formula is C18H27NOS. The number of benzene rings is 1. The summed E-state index contributed by atoms with van der Waals surface area (Å²) in [6, 6.07) is 8.17. The van der Waals surface area contributed by atoms with Crippen molar-refractivity contribution in [3.05, 3.63) is 29.8 Å². The Bertz CT molecular complexity index is 423. The molecule has 0 saturated carbocycles. The predicted octanol–water partition coefficient (Wildman–Crippen LogP) is 4.64. The van der Waals surface area contributed by atoms with Gasteiger partial charge in [0.05, 0.1) is 0 Å². The van der Waals surface area contributed by atoms with E-state index in [-0.39, 0.29) is 5.78 Å². The number of carbonyl (C=O) groups excluding carboxylic acids is 1. The van der Waals surface area contributed by atoms with Gasteiger partial charge in [-0.05, 0) is 44.5 Å². The van der Waals surface area contributed by atoms with Crippen LogP contribution in [0, 0.1) is 0 Å². The second-order valence-corrected chi connectivity index (χ2v) is 6.97. The van der Waals surface area contributed by atoms with Crippen molar-refractivity contribution in [3.8, 4) is 0 Å². The molecule has 3 heteroatoms. The largest absolute Gasteiger partial charge is 0.303 e. The minimum absolute atomic E-state index is 0.279. The normalized spacial score (nSPS) is 16.0. The van der Waals surface area contributed by atoms with E-state index < -0.39 is 0 Å². The predicted molar refractivity (Wildman–Crippen MR) is 91.3 cm³/mol. The first-order valence-electron chi connectivity index (χ1n) is 8.28. The van der Waals surface area contributed by atoms with E-state index in [2.05, 4.69) is 24.0 Å². The molecule has 0 aliphatic carbocycles. The number of thioether (sulfide) groups is 1.